The fourth-order valence-electron chi connectivity index (χ4n) is 3.77. The van der Waals surface area contributed by atoms with E-state index in [4.69, 9.17) is 14.2 Å². The topological polar surface area (TPSA) is 85.8 Å². The Morgan fingerprint density at radius 1 is 1.23 bits per heavy atom. The van der Waals surface area contributed by atoms with Crippen LogP contribution in [0.25, 0.3) is 10.9 Å². The Morgan fingerprint density at radius 3 is 2.65 bits per heavy atom. The summed E-state index contributed by atoms with van der Waals surface area (Å²) in [5, 5.41) is 10.8. The molecule has 1 aliphatic heterocycles. The summed E-state index contributed by atoms with van der Waals surface area (Å²) in [6.45, 7) is 2.26. The van der Waals surface area contributed by atoms with Crippen molar-refractivity contribution in [1.82, 2.24) is 4.57 Å². The predicted octanol–water partition coefficient (Wildman–Crippen LogP) is 3.87. The standard InChI is InChI=1S/C24H21N3O4/c1-4-30-14-26-23-18(13-25)20(15-9-11-16(29-3)12-10-15)21-22(31-23)17-7-5-6-8-19(17)27(2)24(21)28/h5-12,14,20H,4H2,1-3H3/b26-14+. The second kappa shape index (κ2) is 8.36. The molecular weight excluding hydrogens is 394 g/mol. The zero-order valence-corrected chi connectivity index (χ0v) is 17.5. The first-order chi connectivity index (χ1) is 15.1. The Bertz CT molecular complexity index is 1300. The Hall–Kier alpha value is -4.05. The van der Waals surface area contributed by atoms with E-state index in [0.29, 0.717) is 23.7 Å². The van der Waals surface area contributed by atoms with Gasteiger partial charge in [-0.3, -0.25) is 4.79 Å². The maximum atomic E-state index is 13.4. The van der Waals surface area contributed by atoms with Crippen molar-refractivity contribution in [2.45, 2.75) is 12.8 Å². The number of para-hydroxylation sites is 1. The number of aliphatic imine (C=N–C) groups is 1. The molecule has 0 aliphatic carbocycles. The molecule has 2 aromatic carbocycles. The molecule has 0 N–H and O–H groups in total. The third kappa shape index (κ3) is 3.42. The van der Waals surface area contributed by atoms with Crippen molar-refractivity contribution in [3.05, 3.63) is 81.5 Å². The van der Waals surface area contributed by atoms with Crippen molar-refractivity contribution in [3.63, 3.8) is 0 Å². The van der Waals surface area contributed by atoms with Gasteiger partial charge in [-0.2, -0.15) is 10.3 Å². The highest BCUT2D eigenvalue weighted by molar-refractivity contribution is 5.88. The Balaban J connectivity index is 2.04. The zero-order chi connectivity index (χ0) is 22.0. The summed E-state index contributed by atoms with van der Waals surface area (Å²) in [7, 11) is 3.30. The highest BCUT2D eigenvalue weighted by Gasteiger charge is 2.36. The van der Waals surface area contributed by atoms with Gasteiger partial charge in [0.25, 0.3) is 5.56 Å². The lowest BCUT2D eigenvalue weighted by molar-refractivity contribution is 0.336. The lowest BCUT2D eigenvalue weighted by Gasteiger charge is -2.27. The van der Waals surface area contributed by atoms with Gasteiger partial charge in [0.1, 0.15) is 23.1 Å². The molecule has 7 nitrogen and oxygen atoms in total. The summed E-state index contributed by atoms with van der Waals surface area (Å²) in [6.07, 6.45) is 1.26. The van der Waals surface area contributed by atoms with Gasteiger partial charge in [0, 0.05) is 12.4 Å². The molecule has 1 atom stereocenters. The van der Waals surface area contributed by atoms with Crippen molar-refractivity contribution in [1.29, 1.82) is 5.26 Å². The summed E-state index contributed by atoms with van der Waals surface area (Å²) in [4.78, 5) is 17.7. The lowest BCUT2D eigenvalue weighted by Crippen LogP contribution is -2.29. The average molecular weight is 415 g/mol. The summed E-state index contributed by atoms with van der Waals surface area (Å²) in [6, 6.07) is 17.0. The smallest absolute Gasteiger partial charge is 0.258 e. The normalized spacial score (nSPS) is 15.5. The molecule has 2 heterocycles. The van der Waals surface area contributed by atoms with E-state index in [1.165, 1.54) is 6.40 Å². The highest BCUT2D eigenvalue weighted by Crippen LogP contribution is 2.44. The number of rotatable bonds is 5. The number of allylic oxidation sites excluding steroid dienone is 1. The van der Waals surface area contributed by atoms with Crippen LogP contribution in [-0.4, -0.2) is 24.7 Å². The number of aryl methyl sites for hydroxylation is 1. The van der Waals surface area contributed by atoms with Crippen LogP contribution >= 0.6 is 0 Å². The molecule has 7 heteroatoms. The first-order valence-electron chi connectivity index (χ1n) is 9.82. The molecule has 1 unspecified atom stereocenters. The number of hydrogen-bond donors (Lipinski definition) is 0. The molecule has 0 radical (unpaired) electrons. The van der Waals surface area contributed by atoms with E-state index in [9.17, 15) is 10.1 Å². The van der Waals surface area contributed by atoms with Gasteiger partial charge in [-0.25, -0.2) is 0 Å². The van der Waals surface area contributed by atoms with Gasteiger partial charge in [0.2, 0.25) is 5.88 Å². The van der Waals surface area contributed by atoms with Gasteiger partial charge in [0.15, 0.2) is 6.40 Å². The molecule has 3 aromatic rings. The monoisotopic (exact) mass is 415 g/mol. The van der Waals surface area contributed by atoms with Crippen molar-refractivity contribution in [3.8, 4) is 17.6 Å². The minimum absolute atomic E-state index is 0.114. The minimum atomic E-state index is -0.642. The number of nitrogens with zero attached hydrogens (tertiary/aromatic N) is 3. The number of ether oxygens (including phenoxy) is 3. The third-order valence-corrected chi connectivity index (χ3v) is 5.28. The second-order valence-electron chi connectivity index (χ2n) is 6.95. The number of pyridine rings is 1. The van der Waals surface area contributed by atoms with Crippen LogP contribution in [0.4, 0.5) is 0 Å². The van der Waals surface area contributed by atoms with Crippen molar-refractivity contribution in [2.75, 3.05) is 13.7 Å². The largest absolute Gasteiger partial charge is 0.497 e. The van der Waals surface area contributed by atoms with Crippen LogP contribution in [0.1, 0.15) is 24.0 Å². The number of methoxy groups -OCH3 is 1. The number of nitriles is 1. The van der Waals surface area contributed by atoms with Gasteiger partial charge in [-0.1, -0.05) is 24.3 Å². The number of benzene rings is 2. The van der Waals surface area contributed by atoms with E-state index in [1.807, 2.05) is 43.3 Å². The van der Waals surface area contributed by atoms with Gasteiger partial charge >= 0.3 is 0 Å². The number of hydrogen-bond acceptors (Lipinski definition) is 6. The van der Waals surface area contributed by atoms with Crippen LogP contribution < -0.4 is 15.0 Å². The Labute approximate surface area is 179 Å². The van der Waals surface area contributed by atoms with Gasteiger partial charge in [-0.15, -0.1) is 0 Å². The molecule has 0 amide bonds. The SMILES string of the molecule is CCO/C=N/C1=C(C#N)C(c2ccc(OC)cc2)c2c(c3ccccc3n(C)c2=O)O1. The fraction of sp³-hybridized carbons (Fsp3) is 0.208. The molecule has 0 fully saturated rings. The fourth-order valence-corrected chi connectivity index (χ4v) is 3.77. The van der Waals surface area contributed by atoms with E-state index in [0.717, 1.165) is 16.5 Å². The third-order valence-electron chi connectivity index (χ3n) is 5.28. The molecule has 1 aliphatic rings. The molecule has 0 saturated carbocycles. The van der Waals surface area contributed by atoms with Crippen molar-refractivity contribution < 1.29 is 14.2 Å². The summed E-state index contributed by atoms with van der Waals surface area (Å²) in [5.74, 6) is 0.557. The molecule has 0 saturated heterocycles. The van der Waals surface area contributed by atoms with Gasteiger partial charge < -0.3 is 18.8 Å². The van der Waals surface area contributed by atoms with Gasteiger partial charge in [0.05, 0.1) is 30.7 Å². The lowest BCUT2D eigenvalue weighted by atomic mass is 9.83. The Kier molecular flexibility index (Phi) is 5.46. The van der Waals surface area contributed by atoms with Crippen molar-refractivity contribution >= 4 is 17.3 Å². The van der Waals surface area contributed by atoms with Crippen LogP contribution in [0.3, 0.4) is 0 Å². The quantitative estimate of drug-likeness (QED) is 0.466. The molecule has 1 aromatic heterocycles. The zero-order valence-electron chi connectivity index (χ0n) is 17.5. The van der Waals surface area contributed by atoms with E-state index in [2.05, 4.69) is 11.1 Å². The van der Waals surface area contributed by atoms with Crippen LogP contribution in [0.2, 0.25) is 0 Å². The van der Waals surface area contributed by atoms with Crippen LogP contribution in [0.15, 0.2) is 69.8 Å². The second-order valence-corrected chi connectivity index (χ2v) is 6.95. The predicted molar refractivity (Wildman–Crippen MR) is 117 cm³/mol. The summed E-state index contributed by atoms with van der Waals surface area (Å²) >= 11 is 0. The molecule has 156 valence electrons. The van der Waals surface area contributed by atoms with Crippen LogP contribution in [0.5, 0.6) is 11.5 Å². The summed E-state index contributed by atoms with van der Waals surface area (Å²) < 4.78 is 18.1. The number of fused-ring (bicyclic) bond motifs is 3. The maximum absolute atomic E-state index is 13.4. The first kappa shape index (κ1) is 20.2. The minimum Gasteiger partial charge on any atom is -0.497 e. The van der Waals surface area contributed by atoms with E-state index < -0.39 is 5.92 Å². The van der Waals surface area contributed by atoms with Crippen LogP contribution in [0, 0.1) is 11.3 Å². The van der Waals surface area contributed by atoms with E-state index >= 15 is 0 Å². The molecular formula is C24H21N3O4. The number of aromatic nitrogens is 1. The van der Waals surface area contributed by atoms with Crippen LogP contribution in [-0.2, 0) is 11.8 Å². The van der Waals surface area contributed by atoms with Crippen molar-refractivity contribution in [2.24, 2.45) is 12.0 Å². The molecule has 31 heavy (non-hydrogen) atoms. The average Bonchev–Trinajstić information content (AvgIpc) is 2.82. The highest BCUT2D eigenvalue weighted by atomic mass is 16.5. The maximum Gasteiger partial charge on any atom is 0.258 e. The molecule has 0 bridgehead atoms. The van der Waals surface area contributed by atoms with E-state index in [1.54, 1.807) is 30.9 Å². The van der Waals surface area contributed by atoms with Gasteiger partial charge in [-0.05, 0) is 36.8 Å². The first-order valence-corrected chi connectivity index (χ1v) is 9.82. The Morgan fingerprint density at radius 2 is 1.97 bits per heavy atom. The molecule has 4 rings (SSSR count). The molecule has 0 spiro atoms. The summed E-state index contributed by atoms with van der Waals surface area (Å²) in [5.41, 5.74) is 1.90. The van der Waals surface area contributed by atoms with E-state index in [-0.39, 0.29) is 17.0 Å².